The van der Waals surface area contributed by atoms with Crippen molar-refractivity contribution in [1.82, 2.24) is 0 Å². The molecule has 0 unspecified atom stereocenters. The monoisotopic (exact) mass is 396 g/mol. The van der Waals surface area contributed by atoms with Crippen LogP contribution in [-0.4, -0.2) is 40.7 Å². The molecule has 0 bridgehead atoms. The van der Waals surface area contributed by atoms with Gasteiger partial charge in [-0.05, 0) is 80.1 Å². The molecule has 0 spiro atoms. The van der Waals surface area contributed by atoms with Crippen molar-refractivity contribution in [2.45, 2.75) is 15.7 Å². The fourth-order valence-electron chi connectivity index (χ4n) is 4.05. The van der Waals surface area contributed by atoms with Crippen molar-refractivity contribution in [3.05, 3.63) is 69.9 Å². The number of hydrogen-bond donors (Lipinski definition) is 0. The molecule has 2 aromatic carbocycles. The molecule has 0 saturated carbocycles. The van der Waals surface area contributed by atoms with E-state index in [0.717, 1.165) is 0 Å². The van der Waals surface area contributed by atoms with E-state index in [0.29, 0.717) is 5.92 Å². The van der Waals surface area contributed by atoms with Gasteiger partial charge in [0.1, 0.15) is 0 Å². The Balaban J connectivity index is 2.01. The van der Waals surface area contributed by atoms with Crippen molar-refractivity contribution in [1.29, 1.82) is 0 Å². The van der Waals surface area contributed by atoms with Gasteiger partial charge in [0.25, 0.3) is 0 Å². The fraction of sp³-hybridized carbons (Fsp3) is 0.304. The first kappa shape index (κ1) is 18.5. The maximum absolute atomic E-state index is 2.45. The molecule has 1 aromatic heterocycles. The van der Waals surface area contributed by atoms with Gasteiger partial charge in [0.15, 0.2) is 0 Å². The third-order valence-electron chi connectivity index (χ3n) is 5.63. The van der Waals surface area contributed by atoms with Gasteiger partial charge < -0.3 is 9.80 Å². The highest BCUT2D eigenvalue weighted by Gasteiger charge is 2.36. The Hall–Kier alpha value is -1.91. The zero-order valence-corrected chi connectivity index (χ0v) is 18.6. The van der Waals surface area contributed by atoms with Crippen LogP contribution in [0.15, 0.2) is 63.0 Å². The Morgan fingerprint density at radius 1 is 0.778 bits per heavy atom. The molecule has 0 fully saturated rings. The second kappa shape index (κ2) is 6.61. The summed E-state index contributed by atoms with van der Waals surface area (Å²) in [6, 6.07) is 16.4. The third kappa shape index (κ3) is 2.95. The number of thiophene rings is 1. The van der Waals surface area contributed by atoms with E-state index in [2.05, 4.69) is 104 Å². The van der Waals surface area contributed by atoms with E-state index >= 15 is 0 Å². The summed E-state index contributed by atoms with van der Waals surface area (Å²) in [6.45, 7) is 0. The van der Waals surface area contributed by atoms with Gasteiger partial charge in [-0.15, -0.1) is 0 Å². The smallest absolute Gasteiger partial charge is 0.0372 e. The lowest BCUT2D eigenvalue weighted by molar-refractivity contribution is 0.894. The summed E-state index contributed by atoms with van der Waals surface area (Å²) in [4.78, 5) is 7.46. The zero-order valence-electron chi connectivity index (χ0n) is 17.0. The van der Waals surface area contributed by atoms with Gasteiger partial charge in [-0.3, -0.25) is 0 Å². The van der Waals surface area contributed by atoms with Crippen LogP contribution in [0.1, 0.15) is 22.6 Å². The molecule has 0 aliphatic carbocycles. The highest BCUT2D eigenvalue weighted by molar-refractivity contribution is 8.32. The first-order valence-corrected chi connectivity index (χ1v) is 12.6. The predicted molar refractivity (Wildman–Crippen MR) is 123 cm³/mol. The highest BCUT2D eigenvalue weighted by atomic mass is 32.3. The van der Waals surface area contributed by atoms with Gasteiger partial charge in [0.05, 0.1) is 0 Å². The maximum Gasteiger partial charge on any atom is 0.0372 e. The van der Waals surface area contributed by atoms with Crippen LogP contribution < -0.4 is 9.80 Å². The number of fused-ring (bicyclic) bond motifs is 2. The minimum absolute atomic E-state index is 0.328. The van der Waals surface area contributed by atoms with Crippen LogP contribution in [0.3, 0.4) is 0 Å². The second-order valence-corrected chi connectivity index (χ2v) is 12.4. The molecular formula is C23H28N2S2. The first-order valence-electron chi connectivity index (χ1n) is 9.18. The van der Waals surface area contributed by atoms with Crippen LogP contribution in [0.25, 0.3) is 0 Å². The van der Waals surface area contributed by atoms with Crippen LogP contribution in [0, 0.1) is 0 Å². The number of hydrogen-bond acceptors (Lipinski definition) is 3. The predicted octanol–water partition coefficient (Wildman–Crippen LogP) is 5.86. The molecule has 0 saturated heterocycles. The maximum atomic E-state index is 2.45. The van der Waals surface area contributed by atoms with E-state index in [1.165, 1.54) is 37.9 Å². The molecular weight excluding hydrogens is 368 g/mol. The average Bonchev–Trinajstić information content (AvgIpc) is 3.15. The highest BCUT2D eigenvalue weighted by Crippen LogP contribution is 2.66. The van der Waals surface area contributed by atoms with Crippen LogP contribution in [0.5, 0.6) is 0 Å². The van der Waals surface area contributed by atoms with Crippen molar-refractivity contribution in [3.8, 4) is 0 Å². The van der Waals surface area contributed by atoms with Crippen LogP contribution in [0.4, 0.5) is 11.4 Å². The van der Waals surface area contributed by atoms with E-state index in [4.69, 9.17) is 0 Å². The lowest BCUT2D eigenvalue weighted by Gasteiger charge is -2.44. The summed E-state index contributed by atoms with van der Waals surface area (Å²) in [5.41, 5.74) is 6.93. The molecule has 2 nitrogen and oxygen atoms in total. The Labute approximate surface area is 168 Å². The lowest BCUT2D eigenvalue weighted by Crippen LogP contribution is -2.19. The molecule has 1 aliphatic heterocycles. The largest absolute Gasteiger partial charge is 0.378 e. The van der Waals surface area contributed by atoms with Gasteiger partial charge >= 0.3 is 0 Å². The Morgan fingerprint density at radius 2 is 1.30 bits per heavy atom. The summed E-state index contributed by atoms with van der Waals surface area (Å²) in [7, 11) is 7.42. The summed E-state index contributed by atoms with van der Waals surface area (Å²) >= 11 is 1.79. The van der Waals surface area contributed by atoms with Crippen LogP contribution in [-0.2, 0) is 0 Å². The Kier molecular flexibility index (Phi) is 4.52. The quantitative estimate of drug-likeness (QED) is 0.547. The molecule has 0 N–H and O–H groups in total. The molecule has 2 heterocycles. The molecule has 0 amide bonds. The minimum atomic E-state index is -1.09. The lowest BCUT2D eigenvalue weighted by atomic mass is 9.85. The van der Waals surface area contributed by atoms with Gasteiger partial charge in [0.2, 0.25) is 0 Å². The van der Waals surface area contributed by atoms with E-state index in [9.17, 15) is 0 Å². The number of rotatable bonds is 3. The van der Waals surface area contributed by atoms with E-state index in [-0.39, 0.29) is 0 Å². The van der Waals surface area contributed by atoms with Gasteiger partial charge in [-0.2, -0.15) is 21.4 Å². The fourth-order valence-corrected chi connectivity index (χ4v) is 7.35. The second-order valence-electron chi connectivity index (χ2n) is 8.05. The number of nitrogens with zero attached hydrogens (tertiary/aromatic N) is 2. The van der Waals surface area contributed by atoms with Crippen LogP contribution in [0.2, 0.25) is 0 Å². The molecule has 0 radical (unpaired) electrons. The number of benzene rings is 2. The molecule has 0 atom stereocenters. The normalized spacial score (nSPS) is 16.4. The van der Waals surface area contributed by atoms with E-state index in [1.807, 2.05) is 0 Å². The molecule has 1 aliphatic rings. The topological polar surface area (TPSA) is 6.48 Å². The van der Waals surface area contributed by atoms with Gasteiger partial charge in [-0.25, -0.2) is 0 Å². The molecule has 27 heavy (non-hydrogen) atoms. The third-order valence-corrected chi connectivity index (χ3v) is 9.23. The summed E-state index contributed by atoms with van der Waals surface area (Å²) in [5, 5.41) is 4.51. The first-order chi connectivity index (χ1) is 12.8. The number of anilines is 2. The molecule has 142 valence electrons. The van der Waals surface area contributed by atoms with Crippen molar-refractivity contribution in [2.75, 3.05) is 50.5 Å². The zero-order chi connectivity index (χ0) is 19.3. The standard InChI is InChI=1S/C23H28N2S2/c1-24(2)17-7-9-19-21(13-17)27(5,6)22-14-18(25(3)4)8-10-20(22)23(19)16-11-12-26-15-16/h7-15,23H,1-6H3. The molecule has 4 rings (SSSR count). The molecule has 4 heteroatoms. The Bertz CT molecular complexity index is 911. The van der Waals surface area contributed by atoms with Crippen molar-refractivity contribution in [3.63, 3.8) is 0 Å². The summed E-state index contributed by atoms with van der Waals surface area (Å²) in [6.07, 6.45) is 4.90. The minimum Gasteiger partial charge on any atom is -0.378 e. The van der Waals surface area contributed by atoms with E-state index in [1.54, 1.807) is 11.3 Å². The van der Waals surface area contributed by atoms with Gasteiger partial charge in [-0.1, -0.05) is 12.1 Å². The van der Waals surface area contributed by atoms with Gasteiger partial charge in [0, 0.05) is 45.5 Å². The Morgan fingerprint density at radius 3 is 1.70 bits per heavy atom. The van der Waals surface area contributed by atoms with Crippen molar-refractivity contribution >= 4 is 32.7 Å². The molecule has 3 aromatic rings. The van der Waals surface area contributed by atoms with Crippen molar-refractivity contribution < 1.29 is 0 Å². The van der Waals surface area contributed by atoms with Crippen molar-refractivity contribution in [2.24, 2.45) is 0 Å². The van der Waals surface area contributed by atoms with Crippen LogP contribution >= 0.6 is 21.4 Å². The SMILES string of the molecule is CN(C)c1ccc2c(c1)S(C)(C)c1cc(N(C)C)ccc1C2c1ccsc1. The van der Waals surface area contributed by atoms with E-state index < -0.39 is 10.0 Å². The average molecular weight is 397 g/mol. The summed E-state index contributed by atoms with van der Waals surface area (Å²) < 4.78 is 0. The summed E-state index contributed by atoms with van der Waals surface area (Å²) in [5.74, 6) is 0.328.